The fraction of sp³-hybridized carbons (Fsp3) is 0.200. The molecule has 3 aromatic rings. The Morgan fingerprint density at radius 3 is 2.44 bits per heavy atom. The van der Waals surface area contributed by atoms with Crippen molar-refractivity contribution in [3.63, 3.8) is 0 Å². The van der Waals surface area contributed by atoms with Crippen LogP contribution in [0.5, 0.6) is 0 Å². The third-order valence-electron chi connectivity index (χ3n) is 4.07. The molecule has 0 saturated carbocycles. The van der Waals surface area contributed by atoms with E-state index in [0.717, 1.165) is 5.69 Å². The fourth-order valence-corrected chi connectivity index (χ4v) is 2.87. The molecule has 0 radical (unpaired) electrons. The van der Waals surface area contributed by atoms with Gasteiger partial charge in [0.25, 0.3) is 5.91 Å². The first-order valence-electron chi connectivity index (χ1n) is 8.50. The van der Waals surface area contributed by atoms with E-state index in [-0.39, 0.29) is 23.3 Å². The molecule has 0 saturated heterocycles. The first-order chi connectivity index (χ1) is 12.9. The Kier molecular flexibility index (Phi) is 5.37. The van der Waals surface area contributed by atoms with Crippen LogP contribution in [-0.4, -0.2) is 26.7 Å². The number of anilines is 1. The van der Waals surface area contributed by atoms with Crippen molar-refractivity contribution < 1.29 is 9.59 Å². The van der Waals surface area contributed by atoms with Crippen molar-refractivity contribution in [3.8, 4) is 5.69 Å². The molecule has 1 N–H and O–H groups in total. The number of hydrogen-bond acceptors (Lipinski definition) is 4. The van der Waals surface area contributed by atoms with Crippen LogP contribution < -0.4 is 5.32 Å². The zero-order valence-corrected chi connectivity index (χ0v) is 16.0. The Hall–Kier alpha value is -2.99. The molecular weight excluding hydrogens is 364 g/mol. The smallest absolute Gasteiger partial charge is 0.278 e. The molecule has 0 atom stereocenters. The predicted octanol–water partition coefficient (Wildman–Crippen LogP) is 4.50. The van der Waals surface area contributed by atoms with Gasteiger partial charge in [0, 0.05) is 16.3 Å². The molecule has 0 aliphatic carbocycles. The third-order valence-corrected chi connectivity index (χ3v) is 4.32. The van der Waals surface area contributed by atoms with E-state index in [9.17, 15) is 9.59 Å². The number of benzene rings is 2. The average Bonchev–Trinajstić information content (AvgIpc) is 3.08. The molecule has 27 heavy (non-hydrogen) atoms. The Bertz CT molecular complexity index is 993. The van der Waals surface area contributed by atoms with Gasteiger partial charge in [-0.15, -0.1) is 5.10 Å². The van der Waals surface area contributed by atoms with E-state index < -0.39 is 0 Å². The number of halogens is 1. The molecule has 0 spiro atoms. The summed E-state index contributed by atoms with van der Waals surface area (Å²) < 4.78 is 1.64. The summed E-state index contributed by atoms with van der Waals surface area (Å²) in [6, 6.07) is 13.9. The zero-order chi connectivity index (χ0) is 19.6. The number of rotatable bonds is 5. The van der Waals surface area contributed by atoms with Crippen LogP contribution in [0.15, 0.2) is 48.5 Å². The van der Waals surface area contributed by atoms with Gasteiger partial charge in [-0.3, -0.25) is 9.59 Å². The lowest BCUT2D eigenvalue weighted by Gasteiger charge is -2.11. The topological polar surface area (TPSA) is 76.9 Å². The molecule has 0 bridgehead atoms. The van der Waals surface area contributed by atoms with Crippen molar-refractivity contribution in [2.45, 2.75) is 26.7 Å². The van der Waals surface area contributed by atoms with Crippen LogP contribution in [0.25, 0.3) is 5.69 Å². The summed E-state index contributed by atoms with van der Waals surface area (Å²) in [4.78, 5) is 24.3. The number of carbonyl (C=O) groups is 2. The number of ketones is 1. The number of Topliss-reactive ketones (excluding diaryl/α,β-unsaturated/α-hetero) is 1. The minimum atomic E-state index is -0.375. The van der Waals surface area contributed by atoms with Crippen molar-refractivity contribution in [2.75, 3.05) is 5.32 Å². The van der Waals surface area contributed by atoms with Gasteiger partial charge in [0.05, 0.1) is 11.4 Å². The van der Waals surface area contributed by atoms with Gasteiger partial charge in [0.1, 0.15) is 0 Å². The van der Waals surface area contributed by atoms with Crippen molar-refractivity contribution >= 4 is 29.0 Å². The minimum Gasteiger partial charge on any atom is -0.321 e. The lowest BCUT2D eigenvalue weighted by molar-refractivity contribution is 0.100. The summed E-state index contributed by atoms with van der Waals surface area (Å²) in [5.74, 6) is -0.428. The maximum absolute atomic E-state index is 12.8. The molecule has 1 heterocycles. The van der Waals surface area contributed by atoms with Gasteiger partial charge in [-0.25, -0.2) is 4.68 Å². The first kappa shape index (κ1) is 18.8. The summed E-state index contributed by atoms with van der Waals surface area (Å²) in [5, 5.41) is 11.7. The number of carbonyl (C=O) groups excluding carboxylic acids is 2. The maximum Gasteiger partial charge on any atom is 0.278 e. The number of amides is 1. The van der Waals surface area contributed by atoms with Crippen LogP contribution in [0, 0.1) is 0 Å². The monoisotopic (exact) mass is 382 g/mol. The number of nitrogens with one attached hydrogen (secondary N) is 1. The lowest BCUT2D eigenvalue weighted by atomic mass is 10.1. The molecular formula is C20H19ClN4O2. The summed E-state index contributed by atoms with van der Waals surface area (Å²) in [6.07, 6.45) is 0. The minimum absolute atomic E-state index is 0.0139. The van der Waals surface area contributed by atoms with Crippen LogP contribution in [0.1, 0.15) is 53.2 Å². The summed E-state index contributed by atoms with van der Waals surface area (Å²) in [6.45, 7) is 5.42. The van der Waals surface area contributed by atoms with Gasteiger partial charge in [0.15, 0.2) is 11.5 Å². The molecule has 0 aliphatic rings. The van der Waals surface area contributed by atoms with Gasteiger partial charge >= 0.3 is 0 Å². The van der Waals surface area contributed by atoms with Gasteiger partial charge in [-0.1, -0.05) is 42.8 Å². The number of hydrogen-bond donors (Lipinski definition) is 1. The van der Waals surface area contributed by atoms with Gasteiger partial charge < -0.3 is 5.32 Å². The first-order valence-corrected chi connectivity index (χ1v) is 8.88. The van der Waals surface area contributed by atoms with Crippen LogP contribution in [0.4, 0.5) is 5.69 Å². The van der Waals surface area contributed by atoms with E-state index in [0.29, 0.717) is 22.0 Å². The third kappa shape index (κ3) is 4.06. The molecule has 6 nitrogen and oxygen atoms in total. The van der Waals surface area contributed by atoms with Gasteiger partial charge in [-0.05, 0) is 49.2 Å². The Balaban J connectivity index is 1.94. The van der Waals surface area contributed by atoms with Gasteiger partial charge in [-0.2, -0.15) is 0 Å². The highest BCUT2D eigenvalue weighted by molar-refractivity contribution is 6.30. The lowest BCUT2D eigenvalue weighted by Crippen LogP contribution is -2.16. The standard InChI is InChI=1S/C20H19ClN4O2/c1-12(2)19-18(23-24-25(19)17-9-7-15(21)8-10-17)20(27)22-16-6-4-5-14(11-16)13(3)26/h4-12H,1-3H3,(H,22,27). The highest BCUT2D eigenvalue weighted by Crippen LogP contribution is 2.23. The van der Waals surface area contributed by atoms with E-state index in [1.165, 1.54) is 6.92 Å². The maximum atomic E-state index is 12.8. The van der Waals surface area contributed by atoms with Crippen LogP contribution >= 0.6 is 11.6 Å². The van der Waals surface area contributed by atoms with Crippen molar-refractivity contribution in [1.29, 1.82) is 0 Å². The zero-order valence-electron chi connectivity index (χ0n) is 15.2. The van der Waals surface area contributed by atoms with Crippen LogP contribution in [0.3, 0.4) is 0 Å². The molecule has 2 aromatic carbocycles. The normalized spacial score (nSPS) is 10.9. The molecule has 7 heteroatoms. The highest BCUT2D eigenvalue weighted by atomic mass is 35.5. The van der Waals surface area contributed by atoms with Crippen molar-refractivity contribution in [3.05, 3.63) is 70.5 Å². The van der Waals surface area contributed by atoms with Crippen LogP contribution in [0.2, 0.25) is 5.02 Å². The second-order valence-corrected chi connectivity index (χ2v) is 6.89. The van der Waals surface area contributed by atoms with E-state index in [1.54, 1.807) is 41.1 Å². The largest absolute Gasteiger partial charge is 0.321 e. The van der Waals surface area contributed by atoms with E-state index in [2.05, 4.69) is 15.6 Å². The molecule has 1 amide bonds. The van der Waals surface area contributed by atoms with E-state index >= 15 is 0 Å². The SMILES string of the molecule is CC(=O)c1cccc(NC(=O)c2nnn(-c3ccc(Cl)cc3)c2C(C)C)c1. The van der Waals surface area contributed by atoms with E-state index in [4.69, 9.17) is 11.6 Å². The van der Waals surface area contributed by atoms with Crippen LogP contribution in [-0.2, 0) is 0 Å². The van der Waals surface area contributed by atoms with E-state index in [1.807, 2.05) is 26.0 Å². The average molecular weight is 383 g/mol. The Labute approximate surface area is 162 Å². The predicted molar refractivity (Wildman–Crippen MR) is 105 cm³/mol. The van der Waals surface area contributed by atoms with Crippen molar-refractivity contribution in [2.24, 2.45) is 0 Å². The fourth-order valence-electron chi connectivity index (χ4n) is 2.75. The van der Waals surface area contributed by atoms with Crippen molar-refractivity contribution in [1.82, 2.24) is 15.0 Å². The second kappa shape index (κ2) is 7.72. The second-order valence-electron chi connectivity index (χ2n) is 6.46. The molecule has 0 aliphatic heterocycles. The summed E-state index contributed by atoms with van der Waals surface area (Å²) in [5.41, 5.74) is 2.77. The van der Waals surface area contributed by atoms with Gasteiger partial charge in [0.2, 0.25) is 0 Å². The molecule has 0 fully saturated rings. The number of aromatic nitrogens is 3. The summed E-state index contributed by atoms with van der Waals surface area (Å²) >= 11 is 5.95. The molecule has 0 unspecified atom stereocenters. The number of nitrogens with zero attached hydrogens (tertiary/aromatic N) is 3. The molecule has 3 rings (SSSR count). The quantitative estimate of drug-likeness (QED) is 0.659. The molecule has 138 valence electrons. The Morgan fingerprint density at radius 2 is 1.81 bits per heavy atom. The highest BCUT2D eigenvalue weighted by Gasteiger charge is 2.23. The Morgan fingerprint density at radius 1 is 1.11 bits per heavy atom. The molecule has 1 aromatic heterocycles. The summed E-state index contributed by atoms with van der Waals surface area (Å²) in [7, 11) is 0.